The molecule has 0 aromatic rings. The van der Waals surface area contributed by atoms with E-state index in [1.54, 1.807) is 0 Å². The topological polar surface area (TPSA) is 24.5 Å². The van der Waals surface area contributed by atoms with E-state index in [4.69, 9.17) is 4.74 Å². The van der Waals surface area contributed by atoms with Crippen LogP contribution in [0.2, 0.25) is 0 Å². The first-order valence-corrected chi connectivity index (χ1v) is 6.87. The normalized spacial score (nSPS) is 22.5. The van der Waals surface area contributed by atoms with Crippen molar-refractivity contribution < 1.29 is 4.74 Å². The summed E-state index contributed by atoms with van der Waals surface area (Å²) in [5.74, 6) is 0. The van der Waals surface area contributed by atoms with E-state index in [-0.39, 0.29) is 0 Å². The summed E-state index contributed by atoms with van der Waals surface area (Å²) in [6.45, 7) is 11.1. The van der Waals surface area contributed by atoms with Gasteiger partial charge >= 0.3 is 0 Å². The lowest BCUT2D eigenvalue weighted by Crippen LogP contribution is -2.41. The Bertz CT molecular complexity index is 164. The van der Waals surface area contributed by atoms with E-state index >= 15 is 0 Å². The Hall–Kier alpha value is -0.120. The van der Waals surface area contributed by atoms with Gasteiger partial charge in [-0.3, -0.25) is 4.90 Å². The minimum atomic E-state index is 0.433. The lowest BCUT2D eigenvalue weighted by molar-refractivity contribution is -0.0186. The molecule has 0 radical (unpaired) electrons. The van der Waals surface area contributed by atoms with E-state index in [9.17, 15) is 0 Å². The number of nitrogens with one attached hydrogen (secondary N) is 1. The summed E-state index contributed by atoms with van der Waals surface area (Å²) in [6, 6.07) is 0. The van der Waals surface area contributed by atoms with Crippen LogP contribution < -0.4 is 5.32 Å². The molecule has 1 saturated heterocycles. The van der Waals surface area contributed by atoms with Crippen molar-refractivity contribution in [3.8, 4) is 0 Å². The Balaban J connectivity index is 1.86. The standard InChI is InChI=1S/C13H28N2O/c1-3-14-8-6-4-5-7-9-15-10-11-16-13(2)12-15/h13-14H,3-12H2,1-2H3. The van der Waals surface area contributed by atoms with Gasteiger partial charge in [0.1, 0.15) is 0 Å². The molecular weight excluding hydrogens is 200 g/mol. The van der Waals surface area contributed by atoms with Crippen molar-refractivity contribution in [1.29, 1.82) is 0 Å². The van der Waals surface area contributed by atoms with Crippen molar-refractivity contribution in [3.05, 3.63) is 0 Å². The van der Waals surface area contributed by atoms with Gasteiger partial charge in [-0.15, -0.1) is 0 Å². The number of hydrogen-bond donors (Lipinski definition) is 1. The highest BCUT2D eigenvalue weighted by molar-refractivity contribution is 4.67. The molecule has 0 aromatic carbocycles. The van der Waals surface area contributed by atoms with Crippen LogP contribution >= 0.6 is 0 Å². The van der Waals surface area contributed by atoms with Crippen molar-refractivity contribution in [2.45, 2.75) is 45.6 Å². The monoisotopic (exact) mass is 228 g/mol. The Morgan fingerprint density at radius 1 is 1.25 bits per heavy atom. The number of ether oxygens (including phenoxy) is 1. The molecule has 1 aliphatic heterocycles. The largest absolute Gasteiger partial charge is 0.376 e. The van der Waals surface area contributed by atoms with Gasteiger partial charge in [-0.05, 0) is 39.4 Å². The van der Waals surface area contributed by atoms with Crippen molar-refractivity contribution in [3.63, 3.8) is 0 Å². The Morgan fingerprint density at radius 3 is 2.81 bits per heavy atom. The first-order valence-electron chi connectivity index (χ1n) is 6.87. The van der Waals surface area contributed by atoms with Crippen LogP contribution in [0.4, 0.5) is 0 Å². The minimum Gasteiger partial charge on any atom is -0.376 e. The summed E-state index contributed by atoms with van der Waals surface area (Å²) in [7, 11) is 0. The molecule has 1 fully saturated rings. The zero-order chi connectivity index (χ0) is 11.6. The second-order valence-corrected chi connectivity index (χ2v) is 4.75. The predicted octanol–water partition coefficient (Wildman–Crippen LogP) is 1.88. The van der Waals surface area contributed by atoms with E-state index in [2.05, 4.69) is 24.1 Å². The first kappa shape index (κ1) is 13.9. The molecule has 3 heteroatoms. The third-order valence-electron chi connectivity index (χ3n) is 3.15. The van der Waals surface area contributed by atoms with Crippen LogP contribution in [0.3, 0.4) is 0 Å². The highest BCUT2D eigenvalue weighted by Gasteiger charge is 2.15. The fraction of sp³-hybridized carbons (Fsp3) is 1.00. The van der Waals surface area contributed by atoms with Crippen molar-refractivity contribution in [2.75, 3.05) is 39.3 Å². The van der Waals surface area contributed by atoms with Crippen molar-refractivity contribution in [2.24, 2.45) is 0 Å². The average Bonchev–Trinajstić information content (AvgIpc) is 2.28. The molecular formula is C13H28N2O. The van der Waals surface area contributed by atoms with Crippen LogP contribution in [0.5, 0.6) is 0 Å². The molecule has 1 rings (SSSR count). The molecule has 0 aliphatic carbocycles. The van der Waals surface area contributed by atoms with Crippen LogP contribution in [0.15, 0.2) is 0 Å². The second-order valence-electron chi connectivity index (χ2n) is 4.75. The van der Waals surface area contributed by atoms with Gasteiger partial charge in [-0.1, -0.05) is 19.8 Å². The van der Waals surface area contributed by atoms with Gasteiger partial charge < -0.3 is 10.1 Å². The predicted molar refractivity (Wildman–Crippen MR) is 68.9 cm³/mol. The molecule has 96 valence electrons. The Morgan fingerprint density at radius 2 is 2.06 bits per heavy atom. The van der Waals surface area contributed by atoms with Crippen LogP contribution in [0.25, 0.3) is 0 Å². The zero-order valence-electron chi connectivity index (χ0n) is 11.0. The van der Waals surface area contributed by atoms with E-state index in [0.29, 0.717) is 6.10 Å². The van der Waals surface area contributed by atoms with Gasteiger partial charge in [0.2, 0.25) is 0 Å². The van der Waals surface area contributed by atoms with Gasteiger partial charge in [0, 0.05) is 13.1 Å². The molecule has 1 unspecified atom stereocenters. The second kappa shape index (κ2) is 8.97. The number of morpholine rings is 1. The van der Waals surface area contributed by atoms with E-state index in [1.807, 2.05) is 0 Å². The lowest BCUT2D eigenvalue weighted by atomic mass is 10.1. The molecule has 1 aliphatic rings. The molecule has 1 heterocycles. The van der Waals surface area contributed by atoms with E-state index in [1.165, 1.54) is 38.8 Å². The third kappa shape index (κ3) is 6.46. The summed E-state index contributed by atoms with van der Waals surface area (Å²) >= 11 is 0. The fourth-order valence-corrected chi connectivity index (χ4v) is 2.21. The van der Waals surface area contributed by atoms with Gasteiger partial charge in [0.15, 0.2) is 0 Å². The van der Waals surface area contributed by atoms with E-state index < -0.39 is 0 Å². The molecule has 1 N–H and O–H groups in total. The van der Waals surface area contributed by atoms with Crippen LogP contribution in [-0.4, -0.2) is 50.3 Å². The summed E-state index contributed by atoms with van der Waals surface area (Å²) in [4.78, 5) is 2.54. The maximum absolute atomic E-state index is 5.53. The molecule has 0 amide bonds. The maximum Gasteiger partial charge on any atom is 0.0674 e. The van der Waals surface area contributed by atoms with Gasteiger partial charge in [-0.2, -0.15) is 0 Å². The molecule has 0 bridgehead atoms. The van der Waals surface area contributed by atoms with Crippen LogP contribution in [0.1, 0.15) is 39.5 Å². The fourth-order valence-electron chi connectivity index (χ4n) is 2.21. The average molecular weight is 228 g/mol. The highest BCUT2D eigenvalue weighted by Crippen LogP contribution is 2.07. The molecule has 3 nitrogen and oxygen atoms in total. The SMILES string of the molecule is CCNCCCCCCN1CCOC(C)C1. The van der Waals surface area contributed by atoms with Gasteiger partial charge in [0.05, 0.1) is 12.7 Å². The zero-order valence-corrected chi connectivity index (χ0v) is 11.0. The number of unbranched alkanes of at least 4 members (excludes halogenated alkanes) is 3. The molecule has 0 saturated carbocycles. The smallest absolute Gasteiger partial charge is 0.0674 e. The number of rotatable bonds is 8. The summed E-state index contributed by atoms with van der Waals surface area (Å²) in [5.41, 5.74) is 0. The van der Waals surface area contributed by atoms with Gasteiger partial charge in [0.25, 0.3) is 0 Å². The highest BCUT2D eigenvalue weighted by atomic mass is 16.5. The molecule has 1 atom stereocenters. The summed E-state index contributed by atoms with van der Waals surface area (Å²) in [5, 5.41) is 3.37. The summed E-state index contributed by atoms with van der Waals surface area (Å²) < 4.78 is 5.53. The molecule has 0 aromatic heterocycles. The first-order chi connectivity index (χ1) is 7.83. The molecule has 16 heavy (non-hydrogen) atoms. The third-order valence-corrected chi connectivity index (χ3v) is 3.15. The van der Waals surface area contributed by atoms with Crippen molar-refractivity contribution in [1.82, 2.24) is 10.2 Å². The van der Waals surface area contributed by atoms with Crippen LogP contribution in [0, 0.1) is 0 Å². The quantitative estimate of drug-likeness (QED) is 0.642. The number of nitrogens with zero attached hydrogens (tertiary/aromatic N) is 1. The minimum absolute atomic E-state index is 0.433. The van der Waals surface area contributed by atoms with Gasteiger partial charge in [-0.25, -0.2) is 0 Å². The Kier molecular flexibility index (Phi) is 7.81. The number of hydrogen-bond acceptors (Lipinski definition) is 3. The Labute approximate surface area is 101 Å². The maximum atomic E-state index is 5.53. The summed E-state index contributed by atoms with van der Waals surface area (Å²) in [6.07, 6.45) is 5.85. The molecule has 0 spiro atoms. The van der Waals surface area contributed by atoms with E-state index in [0.717, 1.165) is 26.2 Å². The van der Waals surface area contributed by atoms with Crippen molar-refractivity contribution >= 4 is 0 Å². The van der Waals surface area contributed by atoms with Crippen LogP contribution in [-0.2, 0) is 4.74 Å². The lowest BCUT2D eigenvalue weighted by Gasteiger charge is -2.30.